The minimum atomic E-state index is -3.12. The fourth-order valence-electron chi connectivity index (χ4n) is 6.93. The van der Waals surface area contributed by atoms with Gasteiger partial charge in [0, 0.05) is 12.8 Å². The van der Waals surface area contributed by atoms with Gasteiger partial charge in [-0.3, -0.25) is 4.79 Å². The number of methoxy groups -OCH3 is 1. The van der Waals surface area contributed by atoms with Gasteiger partial charge >= 0.3 is 5.97 Å². The lowest BCUT2D eigenvalue weighted by Crippen LogP contribution is -2.65. The van der Waals surface area contributed by atoms with E-state index in [9.17, 15) is 14.7 Å². The smallest absolute Gasteiger partial charge is 0.308 e. The van der Waals surface area contributed by atoms with Crippen LogP contribution in [0.15, 0.2) is 97.1 Å². The normalized spacial score (nSPS) is 18.2. The highest BCUT2D eigenvalue weighted by molar-refractivity contribution is 6.98. The van der Waals surface area contributed by atoms with Gasteiger partial charge in [0.1, 0.15) is 5.75 Å². The Bertz CT molecular complexity index is 1370. The Morgan fingerprint density at radius 2 is 1.54 bits per heavy atom. The first-order chi connectivity index (χ1) is 23.0. The topological polar surface area (TPSA) is 94.5 Å². The summed E-state index contributed by atoms with van der Waals surface area (Å²) in [5.41, 5.74) is 2.14. The molecule has 3 aromatic carbocycles. The zero-order valence-corrected chi connectivity index (χ0v) is 30.1. The molecule has 7 nitrogen and oxygen atoms in total. The van der Waals surface area contributed by atoms with E-state index in [0.29, 0.717) is 32.5 Å². The number of rotatable bonds is 18. The second-order valence-corrected chi connectivity index (χ2v) is 17.6. The Morgan fingerprint density at radius 3 is 2.10 bits per heavy atom. The number of benzene rings is 3. The summed E-state index contributed by atoms with van der Waals surface area (Å²) in [6.45, 7) is 11.2. The largest absolute Gasteiger partial charge is 0.497 e. The molecule has 4 rings (SSSR count). The summed E-state index contributed by atoms with van der Waals surface area (Å²) in [5, 5.41) is 12.2. The minimum absolute atomic E-state index is 0.0458. The van der Waals surface area contributed by atoms with E-state index in [2.05, 4.69) is 44.7 Å². The van der Waals surface area contributed by atoms with E-state index in [1.165, 1.54) is 0 Å². The summed E-state index contributed by atoms with van der Waals surface area (Å²) in [6.07, 6.45) is 3.60. The van der Waals surface area contributed by atoms with Gasteiger partial charge < -0.3 is 28.8 Å². The van der Waals surface area contributed by atoms with Crippen molar-refractivity contribution < 1.29 is 33.6 Å². The van der Waals surface area contributed by atoms with Crippen LogP contribution in [-0.4, -0.2) is 62.3 Å². The molecule has 48 heavy (non-hydrogen) atoms. The summed E-state index contributed by atoms with van der Waals surface area (Å²) < 4.78 is 23.4. The van der Waals surface area contributed by atoms with Gasteiger partial charge in [0.2, 0.25) is 0 Å². The predicted molar refractivity (Wildman–Crippen MR) is 193 cm³/mol. The molecule has 1 heterocycles. The van der Waals surface area contributed by atoms with Crippen molar-refractivity contribution in [2.75, 3.05) is 13.7 Å². The van der Waals surface area contributed by atoms with Crippen molar-refractivity contribution in [2.24, 2.45) is 0 Å². The van der Waals surface area contributed by atoms with E-state index < -0.39 is 20.4 Å². The van der Waals surface area contributed by atoms with E-state index in [-0.39, 0.29) is 29.8 Å². The van der Waals surface area contributed by atoms with Gasteiger partial charge in [-0.15, -0.1) is 0 Å². The lowest BCUT2D eigenvalue weighted by Gasteiger charge is -2.41. The quantitative estimate of drug-likeness (QED) is 0.0907. The van der Waals surface area contributed by atoms with Crippen molar-refractivity contribution >= 4 is 24.7 Å². The molecule has 1 aliphatic rings. The summed E-state index contributed by atoms with van der Waals surface area (Å²) in [7, 11) is -1.46. The summed E-state index contributed by atoms with van der Waals surface area (Å²) >= 11 is 0. The predicted octanol–water partition coefficient (Wildman–Crippen LogP) is 6.48. The highest BCUT2D eigenvalue weighted by Crippen LogP contribution is 2.41. The molecule has 8 heteroatoms. The number of carbonyl (C=O) groups is 1. The molecule has 1 saturated heterocycles. The Kier molecular flexibility index (Phi) is 14.0. The van der Waals surface area contributed by atoms with Gasteiger partial charge in [-0.05, 0) is 65.7 Å². The van der Waals surface area contributed by atoms with E-state index in [1.54, 1.807) is 14.0 Å². The van der Waals surface area contributed by atoms with Crippen LogP contribution in [0.3, 0.4) is 0 Å². The molecular formula is C40H54O7Si. The molecule has 260 valence electrons. The van der Waals surface area contributed by atoms with Gasteiger partial charge in [0.15, 0.2) is 0 Å². The summed E-state index contributed by atoms with van der Waals surface area (Å²) in [6, 6.07) is 28.2. The van der Waals surface area contributed by atoms with Crippen LogP contribution in [0.1, 0.15) is 77.7 Å². The van der Waals surface area contributed by atoms with Crippen molar-refractivity contribution in [2.45, 2.75) is 108 Å². The number of aliphatic hydroxyl groups is 1. The number of aliphatic hydroxyl groups excluding tert-OH is 1. The van der Waals surface area contributed by atoms with E-state index in [1.807, 2.05) is 60.7 Å². The Balaban J connectivity index is 1.46. The molecule has 0 saturated carbocycles. The third-order valence-electron chi connectivity index (χ3n) is 9.52. The van der Waals surface area contributed by atoms with Crippen molar-refractivity contribution in [3.05, 3.63) is 103 Å². The monoisotopic (exact) mass is 674 g/mol. The maximum absolute atomic E-state index is 12.6. The molecule has 0 spiro atoms. The molecule has 0 aliphatic carbocycles. The summed E-state index contributed by atoms with van der Waals surface area (Å²) in [5.74, 6) is 0.400. The first kappa shape index (κ1) is 37.5. The lowest BCUT2D eigenvalue weighted by molar-refractivity contribution is -0.146. The fourth-order valence-corrected chi connectivity index (χ4v) is 10.7. The number of ether oxygens (including phenoxy) is 4. The standard InChI is InChI=1S/C40H54O7Si/c1-6-45-39(42)27-32(41)26-35-24-30(2)25-36(47-35)28-34(46-29-31-19-21-33(44-5)22-20-31)14-13-23-40(3,4)48(43,37-15-9-7-10-16-37)38-17-11-8-12-18-38/h7-12,15-22,32,34-36,41,43H,2,6,13-14,23-29H2,1,3-5H3/t32-,34+,35-,36+/m1/s1. The number of hydrogen-bond acceptors (Lipinski definition) is 7. The second-order valence-electron chi connectivity index (χ2n) is 13.7. The SMILES string of the molecule is C=C1C[C@H](C[C@@H](O)CC(=O)OCC)O[C@H](C[C@H](CCCC(C)(C)[Si](O)(c2ccccc2)c2ccccc2)OCc2ccc(OC)cc2)C1. The first-order valence-electron chi connectivity index (χ1n) is 17.3. The third-order valence-corrected chi connectivity index (χ3v) is 14.1. The molecule has 0 unspecified atom stereocenters. The molecular weight excluding hydrogens is 621 g/mol. The van der Waals surface area contributed by atoms with Crippen LogP contribution in [0.4, 0.5) is 0 Å². The number of hydrogen-bond donors (Lipinski definition) is 2. The summed E-state index contributed by atoms with van der Waals surface area (Å²) in [4.78, 5) is 24.5. The third kappa shape index (κ3) is 10.4. The van der Waals surface area contributed by atoms with Gasteiger partial charge in [0.05, 0.1) is 51.2 Å². The van der Waals surface area contributed by atoms with Crippen LogP contribution in [0.25, 0.3) is 0 Å². The second kappa shape index (κ2) is 17.9. The highest BCUT2D eigenvalue weighted by Gasteiger charge is 2.49. The molecule has 3 aromatic rings. The van der Waals surface area contributed by atoms with Crippen LogP contribution in [0.5, 0.6) is 5.75 Å². The van der Waals surface area contributed by atoms with E-state index in [4.69, 9.17) is 18.9 Å². The first-order valence-corrected chi connectivity index (χ1v) is 19.2. The highest BCUT2D eigenvalue weighted by atomic mass is 28.4. The van der Waals surface area contributed by atoms with Crippen molar-refractivity contribution in [1.29, 1.82) is 0 Å². The lowest BCUT2D eigenvalue weighted by atomic mass is 9.91. The molecule has 0 radical (unpaired) electrons. The molecule has 0 aromatic heterocycles. The Hall–Kier alpha value is -3.27. The van der Waals surface area contributed by atoms with Crippen LogP contribution >= 0.6 is 0 Å². The maximum Gasteiger partial charge on any atom is 0.308 e. The van der Waals surface area contributed by atoms with Crippen molar-refractivity contribution in [3.8, 4) is 5.75 Å². The molecule has 0 amide bonds. The average molecular weight is 675 g/mol. The van der Waals surface area contributed by atoms with Crippen LogP contribution in [0, 0.1) is 0 Å². The molecule has 2 N–H and O–H groups in total. The zero-order chi connectivity index (χ0) is 34.6. The molecule has 4 atom stereocenters. The van der Waals surface area contributed by atoms with Gasteiger partial charge in [-0.1, -0.05) is 105 Å². The van der Waals surface area contributed by atoms with E-state index >= 15 is 0 Å². The zero-order valence-electron chi connectivity index (χ0n) is 29.1. The maximum atomic E-state index is 12.6. The van der Waals surface area contributed by atoms with Crippen LogP contribution in [0.2, 0.25) is 5.04 Å². The van der Waals surface area contributed by atoms with Crippen LogP contribution in [-0.2, 0) is 25.6 Å². The van der Waals surface area contributed by atoms with Gasteiger partial charge in [-0.25, -0.2) is 0 Å². The average Bonchev–Trinajstić information content (AvgIpc) is 3.07. The molecule has 1 fully saturated rings. The molecule has 1 aliphatic heterocycles. The molecule has 0 bridgehead atoms. The van der Waals surface area contributed by atoms with E-state index in [0.717, 1.165) is 52.9 Å². The Labute approximate surface area is 288 Å². The van der Waals surface area contributed by atoms with Crippen LogP contribution < -0.4 is 15.1 Å². The van der Waals surface area contributed by atoms with Crippen molar-refractivity contribution in [3.63, 3.8) is 0 Å². The van der Waals surface area contributed by atoms with Gasteiger partial charge in [0.25, 0.3) is 8.32 Å². The number of carbonyl (C=O) groups excluding carboxylic acids is 1. The fraction of sp³-hybridized carbons (Fsp3) is 0.475. The van der Waals surface area contributed by atoms with Gasteiger partial charge in [-0.2, -0.15) is 0 Å². The van der Waals surface area contributed by atoms with Crippen molar-refractivity contribution in [1.82, 2.24) is 0 Å². The minimum Gasteiger partial charge on any atom is -0.497 e. The number of esters is 1. The Morgan fingerprint density at radius 1 is 0.958 bits per heavy atom.